The Labute approximate surface area is 165 Å². The zero-order chi connectivity index (χ0) is 19.9. The van der Waals surface area contributed by atoms with Gasteiger partial charge in [-0.15, -0.1) is 0 Å². The van der Waals surface area contributed by atoms with Gasteiger partial charge in [0.25, 0.3) is 0 Å². The summed E-state index contributed by atoms with van der Waals surface area (Å²) in [5, 5.41) is 9.96. The van der Waals surface area contributed by atoms with Crippen molar-refractivity contribution >= 4 is 17.4 Å². The molecule has 28 heavy (non-hydrogen) atoms. The molecule has 0 aromatic heterocycles. The van der Waals surface area contributed by atoms with Crippen molar-refractivity contribution in [3.05, 3.63) is 54.1 Å². The van der Waals surface area contributed by atoms with E-state index < -0.39 is 0 Å². The van der Waals surface area contributed by atoms with Crippen LogP contribution in [0.1, 0.15) is 30.1 Å². The first-order valence-electron chi connectivity index (χ1n) is 9.59. The lowest BCUT2D eigenvalue weighted by Crippen LogP contribution is -2.48. The molecule has 1 fully saturated rings. The van der Waals surface area contributed by atoms with Crippen molar-refractivity contribution in [1.82, 2.24) is 4.90 Å². The standard InChI is InChI=1S/C22H26N2O4/c1-17(25)18-8-10-19(11-9-18)28-16-4-7-22(27)24-14-12-23(13-15-24)20-5-2-3-6-21(20)26/h2-3,5-6,8-11,26H,4,7,12-16H2,1H3. The predicted molar refractivity (Wildman–Crippen MR) is 108 cm³/mol. The summed E-state index contributed by atoms with van der Waals surface area (Å²) in [6, 6.07) is 14.3. The molecule has 0 radical (unpaired) electrons. The second-order valence-electron chi connectivity index (χ2n) is 6.89. The first-order chi connectivity index (χ1) is 13.5. The Kier molecular flexibility index (Phi) is 6.53. The van der Waals surface area contributed by atoms with E-state index in [1.54, 1.807) is 36.4 Å². The number of hydrogen-bond donors (Lipinski definition) is 1. The lowest BCUT2D eigenvalue weighted by atomic mass is 10.1. The van der Waals surface area contributed by atoms with Gasteiger partial charge in [-0.2, -0.15) is 0 Å². The van der Waals surface area contributed by atoms with Crippen molar-refractivity contribution in [2.24, 2.45) is 0 Å². The monoisotopic (exact) mass is 382 g/mol. The summed E-state index contributed by atoms with van der Waals surface area (Å²) in [4.78, 5) is 27.6. The van der Waals surface area contributed by atoms with Crippen LogP contribution in [0.4, 0.5) is 5.69 Å². The van der Waals surface area contributed by atoms with Crippen LogP contribution in [-0.2, 0) is 4.79 Å². The molecule has 1 N–H and O–H groups in total. The van der Waals surface area contributed by atoms with Crippen molar-refractivity contribution < 1.29 is 19.4 Å². The van der Waals surface area contributed by atoms with Gasteiger partial charge in [0.05, 0.1) is 12.3 Å². The van der Waals surface area contributed by atoms with Crippen LogP contribution >= 0.6 is 0 Å². The summed E-state index contributed by atoms with van der Waals surface area (Å²) < 4.78 is 5.65. The molecule has 0 saturated carbocycles. The lowest BCUT2D eigenvalue weighted by Gasteiger charge is -2.36. The molecule has 0 spiro atoms. The number of Topliss-reactive ketones (excluding diaryl/α,β-unsaturated/α-hetero) is 1. The Morgan fingerprint density at radius 3 is 2.32 bits per heavy atom. The van der Waals surface area contributed by atoms with E-state index in [1.807, 2.05) is 17.0 Å². The number of ether oxygens (including phenoxy) is 1. The number of benzene rings is 2. The summed E-state index contributed by atoms with van der Waals surface area (Å²) in [6.07, 6.45) is 1.09. The van der Waals surface area contributed by atoms with E-state index in [9.17, 15) is 14.7 Å². The van der Waals surface area contributed by atoms with Crippen LogP contribution in [0.15, 0.2) is 48.5 Å². The van der Waals surface area contributed by atoms with Crippen LogP contribution in [0, 0.1) is 0 Å². The minimum atomic E-state index is 0.0275. The first kappa shape index (κ1) is 19.7. The number of para-hydroxylation sites is 2. The number of phenolic OH excluding ortho intramolecular Hbond substituents is 1. The number of rotatable bonds is 7. The van der Waals surface area contributed by atoms with Crippen molar-refractivity contribution in [3.8, 4) is 11.5 Å². The fourth-order valence-corrected chi connectivity index (χ4v) is 3.29. The Morgan fingerprint density at radius 2 is 1.68 bits per heavy atom. The molecule has 2 aromatic carbocycles. The SMILES string of the molecule is CC(=O)c1ccc(OCCCC(=O)N2CCN(c3ccccc3O)CC2)cc1. The quantitative estimate of drug-likeness (QED) is 0.589. The zero-order valence-corrected chi connectivity index (χ0v) is 16.1. The molecule has 0 aliphatic carbocycles. The molecule has 2 aromatic rings. The third-order valence-corrected chi connectivity index (χ3v) is 4.92. The lowest BCUT2D eigenvalue weighted by molar-refractivity contribution is -0.131. The number of ketones is 1. The maximum atomic E-state index is 12.4. The highest BCUT2D eigenvalue weighted by molar-refractivity contribution is 5.94. The van der Waals surface area contributed by atoms with Crippen molar-refractivity contribution in [3.63, 3.8) is 0 Å². The smallest absolute Gasteiger partial charge is 0.222 e. The van der Waals surface area contributed by atoms with E-state index in [-0.39, 0.29) is 17.4 Å². The normalized spacial score (nSPS) is 14.0. The van der Waals surface area contributed by atoms with E-state index >= 15 is 0 Å². The molecular formula is C22H26N2O4. The topological polar surface area (TPSA) is 70.1 Å². The second-order valence-corrected chi connectivity index (χ2v) is 6.89. The van der Waals surface area contributed by atoms with Crippen LogP contribution in [-0.4, -0.2) is 54.5 Å². The average molecular weight is 382 g/mol. The zero-order valence-electron chi connectivity index (χ0n) is 16.1. The Morgan fingerprint density at radius 1 is 1.00 bits per heavy atom. The van der Waals surface area contributed by atoms with Crippen LogP contribution in [0.5, 0.6) is 11.5 Å². The number of aromatic hydroxyl groups is 1. The molecule has 148 valence electrons. The molecule has 0 bridgehead atoms. The average Bonchev–Trinajstić information content (AvgIpc) is 2.72. The van der Waals surface area contributed by atoms with Gasteiger partial charge in [0.15, 0.2) is 5.78 Å². The summed E-state index contributed by atoms with van der Waals surface area (Å²) in [7, 11) is 0. The second kappa shape index (κ2) is 9.26. The van der Waals surface area contributed by atoms with Crippen LogP contribution in [0.2, 0.25) is 0 Å². The summed E-state index contributed by atoms with van der Waals surface area (Å²) in [6.45, 7) is 4.72. The number of nitrogens with zero attached hydrogens (tertiary/aromatic N) is 2. The van der Waals surface area contributed by atoms with Crippen LogP contribution in [0.3, 0.4) is 0 Å². The molecule has 1 amide bonds. The molecular weight excluding hydrogens is 356 g/mol. The summed E-state index contributed by atoms with van der Waals surface area (Å²) >= 11 is 0. The molecule has 6 heteroatoms. The van der Waals surface area contributed by atoms with E-state index in [1.165, 1.54) is 6.92 Å². The number of anilines is 1. The van der Waals surface area contributed by atoms with Gasteiger partial charge in [-0.05, 0) is 49.7 Å². The number of hydrogen-bond acceptors (Lipinski definition) is 5. The predicted octanol–water partition coefficient (Wildman–Crippen LogP) is 3.10. The molecule has 1 heterocycles. The minimum absolute atomic E-state index is 0.0275. The van der Waals surface area contributed by atoms with Crippen molar-refractivity contribution in [1.29, 1.82) is 0 Å². The van der Waals surface area contributed by atoms with Gasteiger partial charge in [0.2, 0.25) is 5.91 Å². The summed E-state index contributed by atoms with van der Waals surface area (Å²) in [5.41, 5.74) is 1.48. The number of phenols is 1. The molecule has 0 atom stereocenters. The highest BCUT2D eigenvalue weighted by Crippen LogP contribution is 2.27. The van der Waals surface area contributed by atoms with Gasteiger partial charge in [-0.3, -0.25) is 9.59 Å². The van der Waals surface area contributed by atoms with Gasteiger partial charge in [0, 0.05) is 38.2 Å². The van der Waals surface area contributed by atoms with E-state index in [2.05, 4.69) is 4.90 Å². The van der Waals surface area contributed by atoms with Gasteiger partial charge in [-0.25, -0.2) is 0 Å². The molecule has 1 aliphatic rings. The van der Waals surface area contributed by atoms with Crippen molar-refractivity contribution in [2.45, 2.75) is 19.8 Å². The minimum Gasteiger partial charge on any atom is -0.506 e. The van der Waals surface area contributed by atoms with E-state index in [4.69, 9.17) is 4.74 Å². The van der Waals surface area contributed by atoms with Gasteiger partial charge >= 0.3 is 0 Å². The maximum absolute atomic E-state index is 12.4. The Balaban J connectivity index is 1.38. The highest BCUT2D eigenvalue weighted by atomic mass is 16.5. The number of amides is 1. The van der Waals surface area contributed by atoms with E-state index in [0.717, 1.165) is 5.69 Å². The van der Waals surface area contributed by atoms with Crippen molar-refractivity contribution in [2.75, 3.05) is 37.7 Å². The first-order valence-corrected chi connectivity index (χ1v) is 9.59. The fourth-order valence-electron chi connectivity index (χ4n) is 3.29. The van der Waals surface area contributed by atoms with Crippen LogP contribution < -0.4 is 9.64 Å². The molecule has 6 nitrogen and oxygen atoms in total. The Bertz CT molecular complexity index is 812. The molecule has 1 saturated heterocycles. The Hall–Kier alpha value is -3.02. The largest absolute Gasteiger partial charge is 0.506 e. The molecule has 0 unspecified atom stereocenters. The third kappa shape index (κ3) is 5.03. The van der Waals surface area contributed by atoms with Gasteiger partial charge in [0.1, 0.15) is 11.5 Å². The van der Waals surface area contributed by atoms with Gasteiger partial charge < -0.3 is 19.6 Å². The number of piperazine rings is 1. The number of carbonyl (C=O) groups excluding carboxylic acids is 2. The third-order valence-electron chi connectivity index (χ3n) is 4.92. The van der Waals surface area contributed by atoms with Crippen LogP contribution in [0.25, 0.3) is 0 Å². The summed E-state index contributed by atoms with van der Waals surface area (Å²) in [5.74, 6) is 1.14. The number of carbonyl (C=O) groups is 2. The highest BCUT2D eigenvalue weighted by Gasteiger charge is 2.22. The maximum Gasteiger partial charge on any atom is 0.222 e. The molecule has 1 aliphatic heterocycles. The van der Waals surface area contributed by atoms with Gasteiger partial charge in [-0.1, -0.05) is 12.1 Å². The van der Waals surface area contributed by atoms with E-state index in [0.29, 0.717) is 56.9 Å². The molecule has 3 rings (SSSR count). The fraction of sp³-hybridized carbons (Fsp3) is 0.364.